The van der Waals surface area contributed by atoms with Crippen molar-refractivity contribution in [1.82, 2.24) is 0 Å². The molecule has 0 bridgehead atoms. The maximum Gasteiger partial charge on any atom is 0.523 e. The molecule has 16 heavy (non-hydrogen) atoms. The van der Waals surface area contributed by atoms with Crippen molar-refractivity contribution in [2.45, 2.75) is 24.1 Å². The van der Waals surface area contributed by atoms with Crippen molar-refractivity contribution in [3.8, 4) is 0 Å². The lowest BCUT2D eigenvalue weighted by molar-refractivity contribution is -0.105. The lowest BCUT2D eigenvalue weighted by Crippen LogP contribution is -2.43. The zero-order chi connectivity index (χ0) is 12.4. The molecular formula is C7H11F3O5S. The van der Waals surface area contributed by atoms with Crippen LogP contribution < -0.4 is 0 Å². The number of methoxy groups -OCH3 is 1. The van der Waals surface area contributed by atoms with Crippen LogP contribution in [0.25, 0.3) is 0 Å². The van der Waals surface area contributed by atoms with Gasteiger partial charge < -0.3 is 9.47 Å². The van der Waals surface area contributed by atoms with Crippen LogP contribution in [0.4, 0.5) is 13.2 Å². The lowest BCUT2D eigenvalue weighted by atomic mass is 10.1. The van der Waals surface area contributed by atoms with Gasteiger partial charge in [-0.05, 0) is 0 Å². The van der Waals surface area contributed by atoms with Gasteiger partial charge >= 0.3 is 15.6 Å². The van der Waals surface area contributed by atoms with Crippen LogP contribution in [-0.2, 0) is 23.8 Å². The van der Waals surface area contributed by atoms with E-state index in [-0.39, 0.29) is 19.6 Å². The third-order valence-electron chi connectivity index (χ3n) is 2.08. The van der Waals surface area contributed by atoms with Crippen molar-refractivity contribution < 1.29 is 35.2 Å². The zero-order valence-electron chi connectivity index (χ0n) is 8.36. The fraction of sp³-hybridized carbons (Fsp3) is 1.00. The van der Waals surface area contributed by atoms with Crippen molar-refractivity contribution >= 4 is 10.1 Å². The molecule has 2 atom stereocenters. The SMILES string of the molecule is COC1COCCC1OS(=O)(=O)C(F)(F)F. The molecule has 0 N–H and O–H groups in total. The van der Waals surface area contributed by atoms with Crippen LogP contribution in [0.15, 0.2) is 0 Å². The fourth-order valence-electron chi connectivity index (χ4n) is 1.24. The monoisotopic (exact) mass is 264 g/mol. The first-order valence-corrected chi connectivity index (χ1v) is 5.79. The van der Waals surface area contributed by atoms with Gasteiger partial charge in [0.15, 0.2) is 0 Å². The molecule has 1 rings (SSSR count). The van der Waals surface area contributed by atoms with Crippen LogP contribution >= 0.6 is 0 Å². The molecular weight excluding hydrogens is 253 g/mol. The molecule has 0 radical (unpaired) electrons. The molecule has 0 saturated carbocycles. The third-order valence-corrected chi connectivity index (χ3v) is 3.15. The van der Waals surface area contributed by atoms with Gasteiger partial charge in [-0.2, -0.15) is 21.6 Å². The lowest BCUT2D eigenvalue weighted by Gasteiger charge is -2.29. The number of hydrogen-bond acceptors (Lipinski definition) is 5. The van der Waals surface area contributed by atoms with E-state index < -0.39 is 27.8 Å². The first-order chi connectivity index (χ1) is 7.28. The maximum absolute atomic E-state index is 12.0. The highest BCUT2D eigenvalue weighted by Crippen LogP contribution is 2.28. The predicted molar refractivity (Wildman–Crippen MR) is 46.1 cm³/mol. The summed E-state index contributed by atoms with van der Waals surface area (Å²) in [7, 11) is -4.33. The average molecular weight is 264 g/mol. The van der Waals surface area contributed by atoms with E-state index in [1.165, 1.54) is 7.11 Å². The van der Waals surface area contributed by atoms with Gasteiger partial charge in [-0.1, -0.05) is 0 Å². The molecule has 5 nitrogen and oxygen atoms in total. The Hall–Kier alpha value is -0.380. The third kappa shape index (κ3) is 3.06. The second-order valence-corrected chi connectivity index (χ2v) is 4.74. The van der Waals surface area contributed by atoms with E-state index in [0.717, 1.165) is 0 Å². The zero-order valence-corrected chi connectivity index (χ0v) is 9.18. The Morgan fingerprint density at radius 2 is 1.94 bits per heavy atom. The van der Waals surface area contributed by atoms with E-state index in [4.69, 9.17) is 9.47 Å². The summed E-state index contributed by atoms with van der Waals surface area (Å²) in [4.78, 5) is 0. The molecule has 1 aliphatic heterocycles. The van der Waals surface area contributed by atoms with Gasteiger partial charge in [0.05, 0.1) is 6.61 Å². The van der Waals surface area contributed by atoms with Crippen molar-refractivity contribution in [3.05, 3.63) is 0 Å². The Labute approximate surface area is 90.6 Å². The highest BCUT2D eigenvalue weighted by atomic mass is 32.2. The number of hydrogen-bond donors (Lipinski definition) is 0. The molecule has 0 amide bonds. The predicted octanol–water partition coefficient (Wildman–Crippen LogP) is 0.657. The standard InChI is InChI=1S/C7H11F3O5S/c1-13-6-4-14-3-2-5(6)15-16(11,12)7(8,9)10/h5-6H,2-4H2,1H3. The summed E-state index contributed by atoms with van der Waals surface area (Å²) in [5, 5.41) is 0. The molecule has 1 aliphatic rings. The molecule has 0 aliphatic carbocycles. The summed E-state index contributed by atoms with van der Waals surface area (Å²) in [5.74, 6) is 0. The molecule has 0 aromatic carbocycles. The van der Waals surface area contributed by atoms with Gasteiger partial charge in [-0.25, -0.2) is 0 Å². The van der Waals surface area contributed by atoms with Crippen molar-refractivity contribution in [1.29, 1.82) is 0 Å². The summed E-state index contributed by atoms with van der Waals surface area (Å²) in [6.07, 6.45) is -1.94. The molecule has 0 aromatic heterocycles. The quantitative estimate of drug-likeness (QED) is 0.553. The molecule has 1 saturated heterocycles. The second-order valence-electron chi connectivity index (χ2n) is 3.17. The Balaban J connectivity index is 2.72. The second kappa shape index (κ2) is 4.86. The number of halogens is 3. The van der Waals surface area contributed by atoms with Gasteiger partial charge in [-0.3, -0.25) is 4.18 Å². The van der Waals surface area contributed by atoms with Crippen LogP contribution in [0.1, 0.15) is 6.42 Å². The van der Waals surface area contributed by atoms with Crippen LogP contribution in [0, 0.1) is 0 Å². The first kappa shape index (κ1) is 13.7. The number of alkyl halides is 3. The van der Waals surface area contributed by atoms with Gasteiger partial charge in [0.25, 0.3) is 0 Å². The molecule has 1 heterocycles. The van der Waals surface area contributed by atoms with Crippen LogP contribution in [0.2, 0.25) is 0 Å². The van der Waals surface area contributed by atoms with E-state index >= 15 is 0 Å². The fourth-order valence-corrected chi connectivity index (χ4v) is 1.89. The Kier molecular flexibility index (Phi) is 4.16. The van der Waals surface area contributed by atoms with E-state index in [2.05, 4.69) is 4.18 Å². The maximum atomic E-state index is 12.0. The Morgan fingerprint density at radius 1 is 1.31 bits per heavy atom. The summed E-state index contributed by atoms with van der Waals surface area (Å²) in [5.41, 5.74) is -5.41. The van der Waals surface area contributed by atoms with Gasteiger partial charge in [0, 0.05) is 20.1 Å². The Bertz CT molecular complexity index is 325. The first-order valence-electron chi connectivity index (χ1n) is 4.38. The molecule has 0 spiro atoms. The highest BCUT2D eigenvalue weighted by Gasteiger charge is 2.49. The summed E-state index contributed by atoms with van der Waals surface area (Å²) >= 11 is 0. The largest absolute Gasteiger partial charge is 0.523 e. The molecule has 2 unspecified atom stereocenters. The molecule has 1 fully saturated rings. The van der Waals surface area contributed by atoms with Crippen molar-refractivity contribution in [2.75, 3.05) is 20.3 Å². The minimum absolute atomic E-state index is 0.00848. The normalized spacial score (nSPS) is 28.0. The molecule has 9 heteroatoms. The van der Waals surface area contributed by atoms with Crippen LogP contribution in [-0.4, -0.2) is 46.5 Å². The van der Waals surface area contributed by atoms with E-state index in [1.807, 2.05) is 0 Å². The summed E-state index contributed by atoms with van der Waals surface area (Å²) in [6.45, 7) is 0.145. The molecule has 96 valence electrons. The highest BCUT2D eigenvalue weighted by molar-refractivity contribution is 7.87. The molecule has 0 aromatic rings. The summed E-state index contributed by atoms with van der Waals surface area (Å²) in [6, 6.07) is 0. The van der Waals surface area contributed by atoms with Crippen molar-refractivity contribution in [2.24, 2.45) is 0 Å². The minimum Gasteiger partial charge on any atom is -0.379 e. The smallest absolute Gasteiger partial charge is 0.379 e. The minimum atomic E-state index is -5.58. The van der Waals surface area contributed by atoms with E-state index in [0.29, 0.717) is 0 Å². The number of ether oxygens (including phenoxy) is 2. The van der Waals surface area contributed by atoms with Crippen molar-refractivity contribution in [3.63, 3.8) is 0 Å². The Morgan fingerprint density at radius 3 is 2.44 bits per heavy atom. The van der Waals surface area contributed by atoms with Crippen LogP contribution in [0.5, 0.6) is 0 Å². The van der Waals surface area contributed by atoms with E-state index in [1.54, 1.807) is 0 Å². The average Bonchev–Trinajstić information content (AvgIpc) is 2.16. The van der Waals surface area contributed by atoms with E-state index in [9.17, 15) is 21.6 Å². The van der Waals surface area contributed by atoms with Gasteiger partial charge in [0.1, 0.15) is 12.2 Å². The van der Waals surface area contributed by atoms with Gasteiger partial charge in [0.2, 0.25) is 0 Å². The topological polar surface area (TPSA) is 61.8 Å². The number of rotatable bonds is 3. The van der Waals surface area contributed by atoms with Gasteiger partial charge in [-0.15, -0.1) is 0 Å². The van der Waals surface area contributed by atoms with Crippen LogP contribution in [0.3, 0.4) is 0 Å². The summed E-state index contributed by atoms with van der Waals surface area (Å²) < 4.78 is 71.4.